The van der Waals surface area contributed by atoms with Gasteiger partial charge in [-0.1, -0.05) is 94.0 Å². The van der Waals surface area contributed by atoms with Gasteiger partial charge in [0.1, 0.15) is 0 Å². The average Bonchev–Trinajstić information content (AvgIpc) is 3.19. The highest BCUT2D eigenvalue weighted by molar-refractivity contribution is 6.49. The smallest absolute Gasteiger partial charge is 0.0646 e. The van der Waals surface area contributed by atoms with Gasteiger partial charge in [-0.25, -0.2) is 0 Å². The lowest BCUT2D eigenvalue weighted by molar-refractivity contribution is 1.06. The first-order valence-corrected chi connectivity index (χ1v) is 8.62. The van der Waals surface area contributed by atoms with E-state index in [1.54, 1.807) is 0 Å². The molecule has 0 heterocycles. The van der Waals surface area contributed by atoms with Gasteiger partial charge in [-0.3, -0.25) is 0 Å². The Kier molecular flexibility index (Phi) is 5.04. The van der Waals surface area contributed by atoms with E-state index in [9.17, 15) is 0 Å². The van der Waals surface area contributed by atoms with Crippen LogP contribution < -0.4 is 0 Å². The third kappa shape index (κ3) is 3.16. The molecule has 0 saturated heterocycles. The van der Waals surface area contributed by atoms with Crippen molar-refractivity contribution in [3.8, 4) is 0 Å². The minimum atomic E-state index is 0.519. The Labute approximate surface area is 150 Å². The molecule has 0 aromatic heterocycles. The average molecular weight is 372 g/mol. The Morgan fingerprint density at radius 2 is 1.00 bits per heavy atom. The molecule has 0 aliphatic heterocycles. The van der Waals surface area contributed by atoms with Crippen molar-refractivity contribution in [2.24, 2.45) is 0 Å². The molecule has 0 N–H and O–H groups in total. The quantitative estimate of drug-likeness (QED) is 0.492. The first-order chi connectivity index (χ1) is 10.6. The molecule has 22 heavy (non-hydrogen) atoms. The molecule has 2 aliphatic rings. The van der Waals surface area contributed by atoms with Crippen LogP contribution in [0.25, 0.3) is 0 Å². The maximum Gasteiger partial charge on any atom is 0.0646 e. The third-order valence-electron chi connectivity index (χ3n) is 3.95. The predicted octanol–water partition coefficient (Wildman–Crippen LogP) is 7.16. The van der Waals surface area contributed by atoms with Gasteiger partial charge in [0, 0.05) is 0 Å². The summed E-state index contributed by atoms with van der Waals surface area (Å²) in [5.41, 5.74) is 4.14. The largest absolute Gasteiger partial charge is 0.0823 e. The van der Waals surface area contributed by atoms with E-state index in [4.69, 9.17) is 46.4 Å². The summed E-state index contributed by atoms with van der Waals surface area (Å²) in [7, 11) is 0. The fourth-order valence-corrected chi connectivity index (χ4v) is 3.93. The molecule has 0 bridgehead atoms. The Bertz CT molecular complexity index is 644. The van der Waals surface area contributed by atoms with E-state index in [1.165, 1.54) is 11.1 Å². The van der Waals surface area contributed by atoms with Crippen LogP contribution in [0, 0.1) is 0 Å². The zero-order valence-electron chi connectivity index (χ0n) is 11.8. The minimum absolute atomic E-state index is 0.519. The van der Waals surface area contributed by atoms with Crippen LogP contribution in [-0.4, -0.2) is 0 Å². The number of allylic oxidation sites excluding steroid dienone is 8. The number of hydrogen-bond donors (Lipinski definition) is 0. The van der Waals surface area contributed by atoms with E-state index in [2.05, 4.69) is 24.3 Å². The molecule has 3 rings (SSSR count). The second-order valence-electron chi connectivity index (χ2n) is 5.48. The fourth-order valence-electron chi connectivity index (χ4n) is 2.73. The molecule has 0 spiro atoms. The predicted molar refractivity (Wildman–Crippen MR) is 97.6 cm³/mol. The molecule has 0 nitrogen and oxygen atoms in total. The van der Waals surface area contributed by atoms with E-state index in [-0.39, 0.29) is 0 Å². The van der Waals surface area contributed by atoms with Gasteiger partial charge < -0.3 is 0 Å². The van der Waals surface area contributed by atoms with Crippen molar-refractivity contribution in [3.63, 3.8) is 0 Å². The molecule has 0 unspecified atom stereocenters. The van der Waals surface area contributed by atoms with Crippen LogP contribution in [0.5, 0.6) is 0 Å². The van der Waals surface area contributed by atoms with Crippen LogP contribution in [-0.2, 0) is 12.8 Å². The highest BCUT2D eigenvalue weighted by Crippen LogP contribution is 2.43. The van der Waals surface area contributed by atoms with Crippen molar-refractivity contribution in [1.29, 1.82) is 0 Å². The van der Waals surface area contributed by atoms with Gasteiger partial charge in [-0.15, -0.1) is 0 Å². The lowest BCUT2D eigenvalue weighted by Gasteiger charge is -2.16. The van der Waals surface area contributed by atoms with Gasteiger partial charge in [-0.2, -0.15) is 0 Å². The molecular formula is C18H14Cl4. The van der Waals surface area contributed by atoms with Crippen LogP contribution in [0.4, 0.5) is 0 Å². The molecule has 0 atom stereocenters. The first kappa shape index (κ1) is 16.2. The van der Waals surface area contributed by atoms with E-state index in [1.807, 2.05) is 12.2 Å². The summed E-state index contributed by atoms with van der Waals surface area (Å²) in [6.07, 6.45) is 15.6. The van der Waals surface area contributed by atoms with Crippen LogP contribution in [0.3, 0.4) is 0 Å². The minimum Gasteiger partial charge on any atom is -0.0823 e. The maximum absolute atomic E-state index is 6.48. The normalized spacial score (nSPS) is 16.4. The summed E-state index contributed by atoms with van der Waals surface area (Å²) >= 11 is 25.9. The molecule has 0 radical (unpaired) electrons. The van der Waals surface area contributed by atoms with Crippen LogP contribution in [0.15, 0.2) is 47.6 Å². The summed E-state index contributed by atoms with van der Waals surface area (Å²) in [6, 6.07) is 0. The maximum atomic E-state index is 6.48. The molecule has 0 fully saturated rings. The third-order valence-corrected chi connectivity index (χ3v) is 5.81. The molecule has 1 aromatic rings. The topological polar surface area (TPSA) is 0 Å². The fraction of sp³-hybridized carbons (Fsp3) is 0.222. The van der Waals surface area contributed by atoms with Gasteiger partial charge in [0.25, 0.3) is 0 Å². The molecule has 0 amide bonds. The molecule has 114 valence electrons. The first-order valence-electron chi connectivity index (χ1n) is 7.10. The van der Waals surface area contributed by atoms with Crippen LogP contribution in [0.1, 0.15) is 24.0 Å². The Hall–Kier alpha value is -0.660. The lowest BCUT2D eigenvalue weighted by atomic mass is 9.99. The monoisotopic (exact) mass is 370 g/mol. The van der Waals surface area contributed by atoms with Gasteiger partial charge in [0.05, 0.1) is 20.1 Å². The number of rotatable bonds is 4. The molecular weight excluding hydrogens is 358 g/mol. The summed E-state index contributed by atoms with van der Waals surface area (Å²) in [6.45, 7) is 0. The van der Waals surface area contributed by atoms with Gasteiger partial charge in [0.2, 0.25) is 0 Å². The SMILES string of the molecule is Clc1c(Cl)c(CC2=CC=CC2)c(Cl)c(Cl)c1CC1=CC=CC1. The number of benzene rings is 1. The standard InChI is InChI=1S/C18H14Cl4/c19-15-13(9-11-5-1-2-6-11)16(20)18(22)14(17(15)21)10-12-7-3-4-8-12/h1-5,7H,6,8-10H2. The van der Waals surface area contributed by atoms with E-state index < -0.39 is 0 Å². The number of hydrogen-bond acceptors (Lipinski definition) is 0. The highest BCUT2D eigenvalue weighted by atomic mass is 35.5. The van der Waals surface area contributed by atoms with Crippen LogP contribution in [0.2, 0.25) is 20.1 Å². The van der Waals surface area contributed by atoms with E-state index >= 15 is 0 Å². The molecule has 0 saturated carbocycles. The lowest BCUT2D eigenvalue weighted by Crippen LogP contribution is -1.99. The van der Waals surface area contributed by atoms with Crippen molar-refractivity contribution in [3.05, 3.63) is 78.8 Å². The van der Waals surface area contributed by atoms with Gasteiger partial charge in [0.15, 0.2) is 0 Å². The Morgan fingerprint density at radius 1 is 0.636 bits per heavy atom. The zero-order chi connectivity index (χ0) is 15.7. The molecule has 1 aromatic carbocycles. The van der Waals surface area contributed by atoms with Gasteiger partial charge >= 0.3 is 0 Å². The Morgan fingerprint density at radius 3 is 1.27 bits per heavy atom. The second-order valence-corrected chi connectivity index (χ2v) is 6.99. The second kappa shape index (κ2) is 6.84. The van der Waals surface area contributed by atoms with Crippen molar-refractivity contribution in [2.75, 3.05) is 0 Å². The van der Waals surface area contributed by atoms with Crippen LogP contribution >= 0.6 is 46.4 Å². The Balaban J connectivity index is 1.96. The van der Waals surface area contributed by atoms with Gasteiger partial charge in [-0.05, 0) is 36.8 Å². The van der Waals surface area contributed by atoms with Crippen molar-refractivity contribution in [2.45, 2.75) is 25.7 Å². The van der Waals surface area contributed by atoms with Crippen molar-refractivity contribution < 1.29 is 0 Å². The zero-order valence-corrected chi connectivity index (χ0v) is 14.8. The van der Waals surface area contributed by atoms with E-state index in [0.29, 0.717) is 32.9 Å². The number of halogens is 4. The summed E-state index contributed by atoms with van der Waals surface area (Å²) in [5, 5.41) is 2.08. The summed E-state index contributed by atoms with van der Waals surface area (Å²) in [4.78, 5) is 0. The van der Waals surface area contributed by atoms with Crippen molar-refractivity contribution >= 4 is 46.4 Å². The van der Waals surface area contributed by atoms with E-state index in [0.717, 1.165) is 24.0 Å². The van der Waals surface area contributed by atoms with Crippen molar-refractivity contribution in [1.82, 2.24) is 0 Å². The summed E-state index contributed by atoms with van der Waals surface area (Å²) < 4.78 is 0. The summed E-state index contributed by atoms with van der Waals surface area (Å²) in [5.74, 6) is 0. The molecule has 2 aliphatic carbocycles. The molecule has 4 heteroatoms. The highest BCUT2D eigenvalue weighted by Gasteiger charge is 2.21.